The van der Waals surface area contributed by atoms with Crippen molar-refractivity contribution in [3.8, 4) is 0 Å². The molecule has 1 saturated heterocycles. The number of piperidine rings is 1. The number of hydrogen-bond acceptors (Lipinski definition) is 3. The Morgan fingerprint density at radius 2 is 2.38 bits per heavy atom. The van der Waals surface area contributed by atoms with Crippen molar-refractivity contribution in [3.05, 3.63) is 0 Å². The molecule has 0 aliphatic carbocycles. The van der Waals surface area contributed by atoms with Crippen LogP contribution in [0.2, 0.25) is 0 Å². The molecule has 0 bridgehead atoms. The average Bonchev–Trinajstić information content (AvgIpc) is 2.17. The summed E-state index contributed by atoms with van der Waals surface area (Å²) in [6.45, 7) is 3.10. The molecule has 1 amide bonds. The van der Waals surface area contributed by atoms with E-state index < -0.39 is 0 Å². The Bertz CT molecular complexity index is 215. The highest BCUT2D eigenvalue weighted by Crippen LogP contribution is 2.18. The number of carbonyl (C=O) groups is 2. The van der Waals surface area contributed by atoms with Gasteiger partial charge in [-0.25, -0.2) is 0 Å². The standard InChI is InChI=1S/C9H15NO3/c1-3-10-6-7(9(12)13-2)4-5-8(10)11/h7H,3-6H2,1-2H3. The van der Waals surface area contributed by atoms with E-state index in [2.05, 4.69) is 4.74 Å². The Morgan fingerprint density at radius 3 is 2.92 bits per heavy atom. The Balaban J connectivity index is 2.54. The molecule has 1 aliphatic rings. The summed E-state index contributed by atoms with van der Waals surface area (Å²) >= 11 is 0. The van der Waals surface area contributed by atoms with E-state index in [1.807, 2.05) is 6.92 Å². The molecular formula is C9H15NO3. The van der Waals surface area contributed by atoms with Crippen LogP contribution in [0.5, 0.6) is 0 Å². The molecule has 4 heteroatoms. The van der Waals surface area contributed by atoms with Crippen LogP contribution in [-0.2, 0) is 14.3 Å². The normalized spacial score (nSPS) is 23.1. The second-order valence-corrected chi connectivity index (χ2v) is 3.19. The molecule has 0 aromatic rings. The quantitative estimate of drug-likeness (QED) is 0.586. The van der Waals surface area contributed by atoms with E-state index in [-0.39, 0.29) is 17.8 Å². The lowest BCUT2D eigenvalue weighted by Crippen LogP contribution is -2.42. The molecule has 1 heterocycles. The number of ether oxygens (including phenoxy) is 1. The molecule has 74 valence electrons. The predicted octanol–water partition coefficient (Wildman–Crippen LogP) is 0.418. The summed E-state index contributed by atoms with van der Waals surface area (Å²) in [7, 11) is 1.38. The summed E-state index contributed by atoms with van der Waals surface area (Å²) in [6, 6.07) is 0. The molecule has 1 rings (SSSR count). The van der Waals surface area contributed by atoms with Crippen molar-refractivity contribution < 1.29 is 14.3 Å². The van der Waals surface area contributed by atoms with Crippen LogP contribution in [-0.4, -0.2) is 37.0 Å². The summed E-state index contributed by atoms with van der Waals surface area (Å²) in [5.41, 5.74) is 0. The first-order valence-corrected chi connectivity index (χ1v) is 4.54. The van der Waals surface area contributed by atoms with Crippen molar-refractivity contribution in [3.63, 3.8) is 0 Å². The molecule has 0 aromatic carbocycles. The minimum absolute atomic E-state index is 0.123. The predicted molar refractivity (Wildman–Crippen MR) is 47.0 cm³/mol. The third-order valence-electron chi connectivity index (χ3n) is 2.42. The van der Waals surface area contributed by atoms with Gasteiger partial charge in [0.1, 0.15) is 0 Å². The van der Waals surface area contributed by atoms with Gasteiger partial charge in [-0.05, 0) is 13.3 Å². The lowest BCUT2D eigenvalue weighted by atomic mass is 9.98. The van der Waals surface area contributed by atoms with Gasteiger partial charge in [0, 0.05) is 19.5 Å². The summed E-state index contributed by atoms with van der Waals surface area (Å²) in [5.74, 6) is -0.184. The Kier molecular flexibility index (Phi) is 3.28. The van der Waals surface area contributed by atoms with E-state index in [1.165, 1.54) is 7.11 Å². The summed E-state index contributed by atoms with van der Waals surface area (Å²) in [5, 5.41) is 0. The van der Waals surface area contributed by atoms with Crippen LogP contribution < -0.4 is 0 Å². The molecule has 4 nitrogen and oxygen atoms in total. The Labute approximate surface area is 77.8 Å². The molecule has 0 N–H and O–H groups in total. The molecule has 0 aromatic heterocycles. The number of amides is 1. The van der Waals surface area contributed by atoms with Gasteiger partial charge in [0.15, 0.2) is 0 Å². The van der Waals surface area contributed by atoms with Crippen molar-refractivity contribution in [2.75, 3.05) is 20.2 Å². The molecule has 0 radical (unpaired) electrons. The SMILES string of the molecule is CCN1CC(C(=O)OC)CCC1=O. The summed E-state index contributed by atoms with van der Waals surface area (Å²) in [6.07, 6.45) is 1.09. The van der Waals surface area contributed by atoms with Crippen molar-refractivity contribution in [2.24, 2.45) is 5.92 Å². The maximum Gasteiger partial charge on any atom is 0.310 e. The maximum absolute atomic E-state index is 11.3. The summed E-state index contributed by atoms with van der Waals surface area (Å²) in [4.78, 5) is 24.1. The van der Waals surface area contributed by atoms with E-state index in [0.29, 0.717) is 25.9 Å². The zero-order chi connectivity index (χ0) is 9.84. The fourth-order valence-corrected chi connectivity index (χ4v) is 1.58. The highest BCUT2D eigenvalue weighted by atomic mass is 16.5. The van der Waals surface area contributed by atoms with Gasteiger partial charge in [-0.3, -0.25) is 9.59 Å². The van der Waals surface area contributed by atoms with Gasteiger partial charge in [0.25, 0.3) is 0 Å². The number of esters is 1. The van der Waals surface area contributed by atoms with E-state index in [0.717, 1.165) is 0 Å². The number of methoxy groups -OCH3 is 1. The highest BCUT2D eigenvalue weighted by molar-refractivity contribution is 5.81. The van der Waals surface area contributed by atoms with Crippen molar-refractivity contribution in [1.29, 1.82) is 0 Å². The fraction of sp³-hybridized carbons (Fsp3) is 0.778. The van der Waals surface area contributed by atoms with Crippen molar-refractivity contribution in [2.45, 2.75) is 19.8 Å². The average molecular weight is 185 g/mol. The highest BCUT2D eigenvalue weighted by Gasteiger charge is 2.29. The van der Waals surface area contributed by atoms with Crippen molar-refractivity contribution >= 4 is 11.9 Å². The molecular weight excluding hydrogens is 170 g/mol. The van der Waals surface area contributed by atoms with E-state index in [4.69, 9.17) is 0 Å². The van der Waals surface area contributed by atoms with E-state index in [9.17, 15) is 9.59 Å². The molecule has 0 saturated carbocycles. The minimum atomic E-state index is -0.203. The Hall–Kier alpha value is -1.06. The van der Waals surface area contributed by atoms with Crippen LogP contribution in [0, 0.1) is 5.92 Å². The lowest BCUT2D eigenvalue weighted by molar-refractivity contribution is -0.150. The van der Waals surface area contributed by atoms with Gasteiger partial charge >= 0.3 is 5.97 Å². The minimum Gasteiger partial charge on any atom is -0.469 e. The van der Waals surface area contributed by atoms with E-state index >= 15 is 0 Å². The third kappa shape index (κ3) is 2.20. The van der Waals surface area contributed by atoms with Crippen LogP contribution in [0.3, 0.4) is 0 Å². The summed E-state index contributed by atoms with van der Waals surface area (Å²) < 4.78 is 4.64. The smallest absolute Gasteiger partial charge is 0.310 e. The van der Waals surface area contributed by atoms with Gasteiger partial charge < -0.3 is 9.64 Å². The number of likely N-dealkylation sites (tertiary alicyclic amines) is 1. The first-order valence-electron chi connectivity index (χ1n) is 4.54. The first-order chi connectivity index (χ1) is 6.19. The molecule has 1 fully saturated rings. The molecule has 1 unspecified atom stereocenters. The largest absolute Gasteiger partial charge is 0.469 e. The Morgan fingerprint density at radius 1 is 1.69 bits per heavy atom. The molecule has 1 atom stereocenters. The maximum atomic E-state index is 11.3. The fourth-order valence-electron chi connectivity index (χ4n) is 1.58. The first kappa shape index (κ1) is 10.0. The molecule has 1 aliphatic heterocycles. The van der Waals surface area contributed by atoms with Crippen LogP contribution in [0.25, 0.3) is 0 Å². The second kappa shape index (κ2) is 4.25. The van der Waals surface area contributed by atoms with Gasteiger partial charge in [0.05, 0.1) is 13.0 Å². The number of hydrogen-bond donors (Lipinski definition) is 0. The topological polar surface area (TPSA) is 46.6 Å². The van der Waals surface area contributed by atoms with Crippen LogP contribution >= 0.6 is 0 Å². The van der Waals surface area contributed by atoms with Crippen LogP contribution in [0.15, 0.2) is 0 Å². The van der Waals surface area contributed by atoms with Crippen molar-refractivity contribution in [1.82, 2.24) is 4.90 Å². The third-order valence-corrected chi connectivity index (χ3v) is 2.42. The van der Waals surface area contributed by atoms with Gasteiger partial charge in [0.2, 0.25) is 5.91 Å². The second-order valence-electron chi connectivity index (χ2n) is 3.19. The van der Waals surface area contributed by atoms with Gasteiger partial charge in [-0.15, -0.1) is 0 Å². The van der Waals surface area contributed by atoms with Gasteiger partial charge in [-0.2, -0.15) is 0 Å². The monoisotopic (exact) mass is 185 g/mol. The van der Waals surface area contributed by atoms with E-state index in [1.54, 1.807) is 4.90 Å². The van der Waals surface area contributed by atoms with Crippen LogP contribution in [0.4, 0.5) is 0 Å². The zero-order valence-corrected chi connectivity index (χ0v) is 8.08. The number of nitrogens with zero attached hydrogens (tertiary/aromatic N) is 1. The van der Waals surface area contributed by atoms with Crippen LogP contribution in [0.1, 0.15) is 19.8 Å². The lowest BCUT2D eigenvalue weighted by Gasteiger charge is -2.30. The molecule has 0 spiro atoms. The van der Waals surface area contributed by atoms with Gasteiger partial charge in [-0.1, -0.05) is 0 Å². The molecule has 13 heavy (non-hydrogen) atoms. The zero-order valence-electron chi connectivity index (χ0n) is 8.08. The number of carbonyl (C=O) groups excluding carboxylic acids is 2. The number of rotatable bonds is 2.